The minimum Gasteiger partial charge on any atom is -0.465 e. The highest BCUT2D eigenvalue weighted by atomic mass is 32.1. The first-order valence-electron chi connectivity index (χ1n) is 5.96. The number of aryl methyl sites for hydroxylation is 1. The highest BCUT2D eigenvalue weighted by Crippen LogP contribution is 2.29. The molecule has 0 saturated carbocycles. The summed E-state index contributed by atoms with van der Waals surface area (Å²) in [5.74, 6) is -0.355. The number of hydrogen-bond acceptors (Lipinski definition) is 6. The molecule has 20 heavy (non-hydrogen) atoms. The Morgan fingerprint density at radius 2 is 1.95 bits per heavy atom. The van der Waals surface area contributed by atoms with Crippen LogP contribution in [0.4, 0.5) is 0 Å². The minimum absolute atomic E-state index is 0.355. The third-order valence-electron chi connectivity index (χ3n) is 2.88. The molecule has 0 amide bonds. The summed E-state index contributed by atoms with van der Waals surface area (Å²) >= 11 is 1.32. The van der Waals surface area contributed by atoms with E-state index < -0.39 is 0 Å². The predicted octanol–water partition coefficient (Wildman–Crippen LogP) is 2.85. The molecule has 5 nitrogen and oxygen atoms in total. The van der Waals surface area contributed by atoms with E-state index in [1.54, 1.807) is 19.3 Å². The normalized spacial score (nSPS) is 10.7. The van der Waals surface area contributed by atoms with Gasteiger partial charge in [0.05, 0.1) is 23.8 Å². The summed E-state index contributed by atoms with van der Waals surface area (Å²) in [6.45, 7) is 1.80. The lowest BCUT2D eigenvalue weighted by molar-refractivity contribution is 0.0605. The van der Waals surface area contributed by atoms with Gasteiger partial charge in [0, 0.05) is 18.0 Å². The molecule has 6 heteroatoms. The molecule has 0 fully saturated rings. The second-order valence-corrected chi connectivity index (χ2v) is 5.18. The number of carbonyl (C=O) groups excluding carboxylic acids is 1. The summed E-state index contributed by atoms with van der Waals surface area (Å²) in [5, 5.41) is 0.774. The van der Waals surface area contributed by atoms with Crippen molar-refractivity contribution in [3.8, 4) is 10.6 Å². The Morgan fingerprint density at radius 1 is 1.20 bits per heavy atom. The van der Waals surface area contributed by atoms with Gasteiger partial charge in [-0.25, -0.2) is 9.78 Å². The number of thiazole rings is 1. The van der Waals surface area contributed by atoms with Gasteiger partial charge in [-0.15, -0.1) is 11.3 Å². The van der Waals surface area contributed by atoms with Crippen molar-refractivity contribution in [3.63, 3.8) is 0 Å². The van der Waals surface area contributed by atoms with Gasteiger partial charge in [0.1, 0.15) is 9.88 Å². The molecule has 1 aromatic carbocycles. The molecule has 3 aromatic rings. The smallest absolute Gasteiger partial charge is 0.349 e. The zero-order valence-electron chi connectivity index (χ0n) is 11.0. The summed E-state index contributed by atoms with van der Waals surface area (Å²) in [6.07, 6.45) is 3.31. The van der Waals surface area contributed by atoms with Gasteiger partial charge in [0.15, 0.2) is 0 Å². The number of hydrogen-bond donors (Lipinski definition) is 0. The van der Waals surface area contributed by atoms with Gasteiger partial charge in [0.25, 0.3) is 0 Å². The van der Waals surface area contributed by atoms with E-state index in [0.29, 0.717) is 10.6 Å². The molecule has 0 aliphatic rings. The minimum atomic E-state index is -0.355. The molecule has 0 aliphatic carbocycles. The van der Waals surface area contributed by atoms with Crippen LogP contribution in [0.25, 0.3) is 21.6 Å². The summed E-state index contributed by atoms with van der Waals surface area (Å²) in [5.41, 5.74) is 3.23. The van der Waals surface area contributed by atoms with E-state index in [-0.39, 0.29) is 5.97 Å². The van der Waals surface area contributed by atoms with Crippen molar-refractivity contribution in [3.05, 3.63) is 41.2 Å². The predicted molar refractivity (Wildman–Crippen MR) is 76.7 cm³/mol. The van der Waals surface area contributed by atoms with Crippen molar-refractivity contribution in [2.24, 2.45) is 0 Å². The monoisotopic (exact) mass is 285 g/mol. The van der Waals surface area contributed by atoms with Crippen molar-refractivity contribution in [1.82, 2.24) is 15.0 Å². The number of nitrogens with zero attached hydrogens (tertiary/aromatic N) is 3. The van der Waals surface area contributed by atoms with E-state index >= 15 is 0 Å². The maximum atomic E-state index is 11.6. The molecule has 0 N–H and O–H groups in total. The summed E-state index contributed by atoms with van der Waals surface area (Å²) < 4.78 is 4.75. The second kappa shape index (κ2) is 4.97. The molecule has 0 saturated heterocycles. The summed E-state index contributed by atoms with van der Waals surface area (Å²) in [6, 6.07) is 5.74. The largest absolute Gasteiger partial charge is 0.465 e. The lowest BCUT2D eigenvalue weighted by atomic mass is 10.2. The zero-order valence-corrected chi connectivity index (χ0v) is 11.8. The van der Waals surface area contributed by atoms with Crippen LogP contribution in [0.3, 0.4) is 0 Å². The Bertz CT molecular complexity index is 798. The fourth-order valence-corrected chi connectivity index (χ4v) is 2.88. The fourth-order valence-electron chi connectivity index (χ4n) is 1.90. The molecule has 2 heterocycles. The molecule has 0 unspecified atom stereocenters. The van der Waals surface area contributed by atoms with Crippen LogP contribution in [0.5, 0.6) is 0 Å². The molecule has 3 rings (SSSR count). The van der Waals surface area contributed by atoms with Gasteiger partial charge in [-0.05, 0) is 25.1 Å². The van der Waals surface area contributed by atoms with Crippen molar-refractivity contribution < 1.29 is 9.53 Å². The van der Waals surface area contributed by atoms with E-state index in [1.807, 2.05) is 18.2 Å². The molecule has 0 bridgehead atoms. The topological polar surface area (TPSA) is 65.0 Å². The maximum absolute atomic E-state index is 11.6. The number of carbonyl (C=O) groups is 1. The molecular formula is C14H11N3O2S. The van der Waals surface area contributed by atoms with Crippen LogP contribution in [0, 0.1) is 6.92 Å². The highest BCUT2D eigenvalue weighted by Gasteiger charge is 2.16. The van der Waals surface area contributed by atoms with E-state index in [2.05, 4.69) is 15.0 Å². The molecule has 0 spiro atoms. The van der Waals surface area contributed by atoms with Crippen LogP contribution in [-0.4, -0.2) is 28.0 Å². The summed E-state index contributed by atoms with van der Waals surface area (Å²) in [7, 11) is 1.37. The van der Waals surface area contributed by atoms with Gasteiger partial charge in [-0.3, -0.25) is 9.97 Å². The lowest BCUT2D eigenvalue weighted by Gasteiger charge is -1.98. The quantitative estimate of drug-likeness (QED) is 0.677. The van der Waals surface area contributed by atoms with Crippen molar-refractivity contribution >= 4 is 28.3 Å². The second-order valence-electron chi connectivity index (χ2n) is 4.18. The van der Waals surface area contributed by atoms with Gasteiger partial charge in [0.2, 0.25) is 0 Å². The van der Waals surface area contributed by atoms with Crippen LogP contribution >= 0.6 is 11.3 Å². The number of ether oxygens (including phenoxy) is 1. The maximum Gasteiger partial charge on any atom is 0.349 e. The Kier molecular flexibility index (Phi) is 3.15. The molecule has 2 aromatic heterocycles. The third kappa shape index (κ3) is 2.14. The third-order valence-corrected chi connectivity index (χ3v) is 4.07. The van der Waals surface area contributed by atoms with Gasteiger partial charge >= 0.3 is 5.97 Å². The Hall–Kier alpha value is -2.34. The molecule has 100 valence electrons. The van der Waals surface area contributed by atoms with Crippen LogP contribution in [0.15, 0.2) is 30.6 Å². The average Bonchev–Trinajstić information content (AvgIpc) is 2.88. The molecular weight excluding hydrogens is 274 g/mol. The van der Waals surface area contributed by atoms with Crippen LogP contribution in [-0.2, 0) is 4.74 Å². The van der Waals surface area contributed by atoms with Crippen LogP contribution in [0.1, 0.15) is 15.4 Å². The highest BCUT2D eigenvalue weighted by molar-refractivity contribution is 7.17. The number of fused-ring (bicyclic) bond motifs is 1. The van der Waals surface area contributed by atoms with E-state index in [4.69, 9.17) is 4.74 Å². The van der Waals surface area contributed by atoms with Crippen molar-refractivity contribution in [2.45, 2.75) is 6.92 Å². The number of aromatic nitrogens is 3. The molecule has 0 aliphatic heterocycles. The first-order chi connectivity index (χ1) is 9.69. The van der Waals surface area contributed by atoms with Gasteiger partial charge in [-0.2, -0.15) is 0 Å². The molecule has 0 radical (unpaired) electrons. The Morgan fingerprint density at radius 3 is 2.70 bits per heavy atom. The number of rotatable bonds is 2. The standard InChI is InChI=1S/C14H11N3O2S/c1-8-12(14(18)19-2)20-13(17-8)9-3-4-10-11(7-9)16-6-5-15-10/h3-7H,1-2H3. The Labute approximate surface area is 119 Å². The molecule has 0 atom stereocenters. The van der Waals surface area contributed by atoms with E-state index in [0.717, 1.165) is 21.6 Å². The van der Waals surface area contributed by atoms with Crippen molar-refractivity contribution in [1.29, 1.82) is 0 Å². The number of methoxy groups -OCH3 is 1. The zero-order chi connectivity index (χ0) is 14.1. The first-order valence-corrected chi connectivity index (χ1v) is 6.77. The van der Waals surface area contributed by atoms with Crippen LogP contribution in [0.2, 0.25) is 0 Å². The fraction of sp³-hybridized carbons (Fsp3) is 0.143. The van der Waals surface area contributed by atoms with Crippen LogP contribution < -0.4 is 0 Å². The number of esters is 1. The van der Waals surface area contributed by atoms with E-state index in [9.17, 15) is 4.79 Å². The summed E-state index contributed by atoms with van der Waals surface area (Å²) in [4.78, 5) is 25.1. The first kappa shape index (κ1) is 12.7. The van der Waals surface area contributed by atoms with Gasteiger partial charge in [-0.1, -0.05) is 0 Å². The van der Waals surface area contributed by atoms with Gasteiger partial charge < -0.3 is 4.74 Å². The lowest BCUT2D eigenvalue weighted by Crippen LogP contribution is -1.99. The van der Waals surface area contributed by atoms with Crippen molar-refractivity contribution in [2.75, 3.05) is 7.11 Å². The SMILES string of the molecule is COC(=O)c1sc(-c2ccc3nccnc3c2)nc1C. The Balaban J connectivity index is 2.09. The van der Waals surface area contributed by atoms with E-state index in [1.165, 1.54) is 18.4 Å². The number of benzene rings is 1. The average molecular weight is 285 g/mol.